The summed E-state index contributed by atoms with van der Waals surface area (Å²) in [6.45, 7) is 2.30. The van der Waals surface area contributed by atoms with Crippen molar-refractivity contribution in [3.05, 3.63) is 58.6 Å². The third-order valence-electron chi connectivity index (χ3n) is 9.11. The highest BCUT2D eigenvalue weighted by Gasteiger charge is 2.49. The minimum atomic E-state index is 0.317. The van der Waals surface area contributed by atoms with E-state index in [1.54, 1.807) is 0 Å². The third kappa shape index (κ3) is 5.71. The number of hydrogen-bond donors (Lipinski definition) is 0. The Bertz CT molecular complexity index is 960. The molecule has 3 fully saturated rings. The van der Waals surface area contributed by atoms with Crippen molar-refractivity contribution in [1.29, 1.82) is 5.26 Å². The van der Waals surface area contributed by atoms with Crippen molar-refractivity contribution >= 4 is 11.6 Å². The molecule has 0 unspecified atom stereocenters. The van der Waals surface area contributed by atoms with Crippen LogP contribution in [0.2, 0.25) is 5.02 Å². The molecule has 3 aliphatic rings. The number of unbranched alkanes of at least 4 members (excludes halogenated alkanes) is 8. The van der Waals surface area contributed by atoms with Crippen molar-refractivity contribution in [3.63, 3.8) is 0 Å². The van der Waals surface area contributed by atoms with Crippen molar-refractivity contribution < 1.29 is 0 Å². The average Bonchev–Trinajstić information content (AvgIpc) is 2.89. The van der Waals surface area contributed by atoms with Crippen molar-refractivity contribution in [2.75, 3.05) is 0 Å². The summed E-state index contributed by atoms with van der Waals surface area (Å²) >= 11 is 6.40. The minimum Gasteiger partial charge on any atom is -0.192 e. The fourth-order valence-corrected chi connectivity index (χ4v) is 7.05. The molecule has 0 spiro atoms. The molecule has 0 heterocycles. The van der Waals surface area contributed by atoms with Crippen LogP contribution in [0.3, 0.4) is 0 Å². The average molecular weight is 476 g/mol. The molecule has 2 bridgehead atoms. The van der Waals surface area contributed by atoms with E-state index in [-0.39, 0.29) is 0 Å². The smallest absolute Gasteiger partial charge is 0.101 e. The Balaban J connectivity index is 1.34. The lowest BCUT2D eigenvalue weighted by atomic mass is 9.50. The normalized spacial score (nSPS) is 23.7. The van der Waals surface area contributed by atoms with Gasteiger partial charge in [0.15, 0.2) is 0 Å². The zero-order valence-electron chi connectivity index (χ0n) is 21.2. The van der Waals surface area contributed by atoms with Gasteiger partial charge in [-0.25, -0.2) is 0 Å². The topological polar surface area (TPSA) is 23.8 Å². The van der Waals surface area contributed by atoms with E-state index in [2.05, 4.69) is 43.3 Å². The quantitative estimate of drug-likeness (QED) is 0.280. The maximum atomic E-state index is 9.26. The maximum absolute atomic E-state index is 9.26. The third-order valence-corrected chi connectivity index (χ3v) is 9.42. The molecule has 3 saturated carbocycles. The largest absolute Gasteiger partial charge is 0.192 e. The van der Waals surface area contributed by atoms with Gasteiger partial charge in [0.1, 0.15) is 6.07 Å². The van der Waals surface area contributed by atoms with Crippen LogP contribution in [0.5, 0.6) is 0 Å². The summed E-state index contributed by atoms with van der Waals surface area (Å²) in [4.78, 5) is 0. The Kier molecular flexibility index (Phi) is 8.76. The lowest BCUT2D eigenvalue weighted by molar-refractivity contribution is 0.0307. The predicted molar refractivity (Wildman–Crippen MR) is 145 cm³/mol. The van der Waals surface area contributed by atoms with Gasteiger partial charge in [-0.3, -0.25) is 0 Å². The molecule has 0 atom stereocenters. The van der Waals surface area contributed by atoms with E-state index in [1.165, 1.54) is 114 Å². The summed E-state index contributed by atoms with van der Waals surface area (Å²) in [5, 5.41) is 9.81. The van der Waals surface area contributed by atoms with E-state index in [9.17, 15) is 5.26 Å². The lowest BCUT2D eigenvalue weighted by Crippen LogP contribution is -2.44. The number of benzene rings is 2. The highest BCUT2D eigenvalue weighted by atomic mass is 35.5. The minimum absolute atomic E-state index is 0.317. The Morgan fingerprint density at radius 3 is 2.03 bits per heavy atom. The second kappa shape index (κ2) is 11.8. The van der Waals surface area contributed by atoms with Crippen LogP contribution >= 0.6 is 11.6 Å². The van der Waals surface area contributed by atoms with Gasteiger partial charge in [-0.1, -0.05) is 107 Å². The van der Waals surface area contributed by atoms with Crippen molar-refractivity contribution in [2.45, 2.75) is 115 Å². The van der Waals surface area contributed by atoms with Gasteiger partial charge < -0.3 is 0 Å². The maximum Gasteiger partial charge on any atom is 0.101 e. The first kappa shape index (κ1) is 25.3. The molecule has 0 saturated heterocycles. The van der Waals surface area contributed by atoms with Crippen LogP contribution in [0.15, 0.2) is 42.5 Å². The van der Waals surface area contributed by atoms with E-state index in [0.717, 1.165) is 5.56 Å². The van der Waals surface area contributed by atoms with Crippen molar-refractivity contribution in [3.8, 4) is 17.2 Å². The molecule has 2 aromatic rings. The molecule has 34 heavy (non-hydrogen) atoms. The Labute approximate surface area is 212 Å². The summed E-state index contributed by atoms with van der Waals surface area (Å²) in [5.41, 5.74) is 5.45. The lowest BCUT2D eigenvalue weighted by Gasteiger charge is -2.54. The summed E-state index contributed by atoms with van der Waals surface area (Å²) < 4.78 is 0. The summed E-state index contributed by atoms with van der Waals surface area (Å²) in [7, 11) is 0. The van der Waals surface area contributed by atoms with Crippen LogP contribution in [-0.4, -0.2) is 0 Å². The predicted octanol–water partition coefficient (Wildman–Crippen LogP) is 10.4. The van der Waals surface area contributed by atoms with E-state index in [0.29, 0.717) is 21.4 Å². The molecule has 2 heteroatoms. The van der Waals surface area contributed by atoms with E-state index >= 15 is 0 Å². The van der Waals surface area contributed by atoms with Crippen molar-refractivity contribution in [2.24, 2.45) is 5.41 Å². The SMILES string of the molecule is CCCCCCCCCCCC12CCC(c3ccccc3-c3ccc(C#N)c(Cl)c3)(CC1)CC2. The van der Waals surface area contributed by atoms with Gasteiger partial charge in [0.05, 0.1) is 10.6 Å². The molecule has 1 nitrogen and oxygen atoms in total. The number of halogens is 1. The molecule has 182 valence electrons. The van der Waals surface area contributed by atoms with Crippen LogP contribution in [0.25, 0.3) is 11.1 Å². The molecule has 0 aromatic heterocycles. The molecular weight excluding hydrogens is 434 g/mol. The van der Waals surface area contributed by atoms with Crippen LogP contribution in [0.4, 0.5) is 0 Å². The van der Waals surface area contributed by atoms with Crippen molar-refractivity contribution in [1.82, 2.24) is 0 Å². The zero-order valence-corrected chi connectivity index (χ0v) is 21.9. The Hall–Kier alpha value is -1.78. The van der Waals surface area contributed by atoms with Gasteiger partial charge in [0.25, 0.3) is 0 Å². The van der Waals surface area contributed by atoms with E-state index < -0.39 is 0 Å². The van der Waals surface area contributed by atoms with E-state index in [1.807, 2.05) is 12.1 Å². The second-order valence-electron chi connectivity index (χ2n) is 11.2. The van der Waals surface area contributed by atoms with Gasteiger partial charge in [0.2, 0.25) is 0 Å². The number of nitrogens with zero attached hydrogens (tertiary/aromatic N) is 1. The van der Waals surface area contributed by atoms with Crippen LogP contribution in [0, 0.1) is 16.7 Å². The zero-order chi connectivity index (χ0) is 23.9. The molecule has 5 rings (SSSR count). The Morgan fingerprint density at radius 2 is 1.41 bits per heavy atom. The first-order valence-electron chi connectivity index (χ1n) is 13.9. The number of fused-ring (bicyclic) bond motifs is 3. The van der Waals surface area contributed by atoms with Gasteiger partial charge in [0, 0.05) is 0 Å². The summed E-state index contributed by atoms with van der Waals surface area (Å²) in [6.07, 6.45) is 22.4. The highest BCUT2D eigenvalue weighted by molar-refractivity contribution is 6.32. The van der Waals surface area contributed by atoms with Gasteiger partial charge in [-0.15, -0.1) is 0 Å². The van der Waals surface area contributed by atoms with Crippen LogP contribution in [0.1, 0.15) is 121 Å². The second-order valence-corrected chi connectivity index (χ2v) is 11.6. The monoisotopic (exact) mass is 475 g/mol. The molecule has 3 aliphatic carbocycles. The molecule has 2 aromatic carbocycles. The standard InChI is InChI=1S/C32H42ClN/c1-2-3-4-5-6-7-8-9-12-17-31-18-21-32(22-19-31,23-20-31)29-14-11-10-13-28(29)26-15-16-27(25-34)30(33)24-26/h10-11,13-16,24H,2-9,12,17-23H2,1H3. The van der Waals surface area contributed by atoms with Gasteiger partial charge in [-0.2, -0.15) is 5.26 Å². The van der Waals surface area contributed by atoms with E-state index in [4.69, 9.17) is 11.6 Å². The number of nitriles is 1. The van der Waals surface area contributed by atoms with Gasteiger partial charge in [-0.05, 0) is 84.6 Å². The molecule has 0 radical (unpaired) electrons. The molecule has 0 aliphatic heterocycles. The fraction of sp³-hybridized carbons (Fsp3) is 0.594. The highest BCUT2D eigenvalue weighted by Crippen LogP contribution is 2.60. The molecule has 0 N–H and O–H groups in total. The van der Waals surface area contributed by atoms with Crippen LogP contribution in [-0.2, 0) is 5.41 Å². The fourth-order valence-electron chi connectivity index (χ4n) is 6.82. The Morgan fingerprint density at radius 1 is 0.794 bits per heavy atom. The molecule has 0 amide bonds. The summed E-state index contributed by atoms with van der Waals surface area (Å²) in [5.74, 6) is 0. The van der Waals surface area contributed by atoms with Gasteiger partial charge >= 0.3 is 0 Å². The number of rotatable bonds is 12. The number of hydrogen-bond acceptors (Lipinski definition) is 1. The van der Waals surface area contributed by atoms with Crippen LogP contribution < -0.4 is 0 Å². The first-order valence-corrected chi connectivity index (χ1v) is 14.3. The molecular formula is C32H42ClN. The first-order chi connectivity index (χ1) is 16.6. The summed E-state index contributed by atoms with van der Waals surface area (Å²) in [6, 6.07) is 17.1.